The van der Waals surface area contributed by atoms with Gasteiger partial charge in [-0.25, -0.2) is 0 Å². The van der Waals surface area contributed by atoms with Crippen LogP contribution in [0.1, 0.15) is 28.8 Å². The summed E-state index contributed by atoms with van der Waals surface area (Å²) in [6.07, 6.45) is 2.66. The van der Waals surface area contributed by atoms with E-state index in [1.54, 1.807) is 0 Å². The highest BCUT2D eigenvalue weighted by Crippen LogP contribution is 2.26. The van der Waals surface area contributed by atoms with Gasteiger partial charge in [0.25, 0.3) is 0 Å². The van der Waals surface area contributed by atoms with Gasteiger partial charge in [0, 0.05) is 35.9 Å². The second-order valence-electron chi connectivity index (χ2n) is 5.57. The molecule has 0 bridgehead atoms. The first-order chi connectivity index (χ1) is 9.74. The van der Waals surface area contributed by atoms with Crippen molar-refractivity contribution >= 4 is 22.7 Å². The molecule has 2 aromatic rings. The van der Waals surface area contributed by atoms with E-state index in [2.05, 4.69) is 53.7 Å². The van der Waals surface area contributed by atoms with Crippen LogP contribution in [0.2, 0.25) is 0 Å². The first kappa shape index (κ1) is 13.5. The predicted molar refractivity (Wildman–Crippen MR) is 89.0 cm³/mol. The van der Waals surface area contributed by atoms with Gasteiger partial charge in [-0.3, -0.25) is 0 Å². The Kier molecular flexibility index (Phi) is 3.97. The Morgan fingerprint density at radius 3 is 2.55 bits per heavy atom. The van der Waals surface area contributed by atoms with E-state index in [9.17, 15) is 0 Å². The van der Waals surface area contributed by atoms with Crippen molar-refractivity contribution in [2.24, 2.45) is 0 Å². The van der Waals surface area contributed by atoms with Crippen molar-refractivity contribution in [2.75, 3.05) is 23.3 Å². The molecule has 0 radical (unpaired) electrons. The molecule has 1 aromatic heterocycles. The van der Waals surface area contributed by atoms with Gasteiger partial charge in [0.1, 0.15) is 0 Å². The highest BCUT2D eigenvalue weighted by molar-refractivity contribution is 7.10. The minimum absolute atomic E-state index is 0.924. The first-order valence-electron chi connectivity index (χ1n) is 7.36. The first-order valence-corrected chi connectivity index (χ1v) is 8.24. The monoisotopic (exact) mass is 286 g/mol. The lowest BCUT2D eigenvalue weighted by atomic mass is 10.1. The van der Waals surface area contributed by atoms with E-state index in [-0.39, 0.29) is 0 Å². The Morgan fingerprint density at radius 2 is 1.90 bits per heavy atom. The highest BCUT2D eigenvalue weighted by atomic mass is 32.1. The lowest BCUT2D eigenvalue weighted by Crippen LogP contribution is -2.17. The third kappa shape index (κ3) is 2.83. The van der Waals surface area contributed by atoms with Crippen molar-refractivity contribution < 1.29 is 0 Å². The molecule has 2 heterocycles. The zero-order valence-corrected chi connectivity index (χ0v) is 13.1. The SMILES string of the molecule is Cc1cc(N2CCCC2)ccc1NCc1sccc1C. The molecule has 0 aliphatic carbocycles. The average molecular weight is 286 g/mol. The second kappa shape index (κ2) is 5.88. The largest absolute Gasteiger partial charge is 0.380 e. The second-order valence-corrected chi connectivity index (χ2v) is 6.57. The Hall–Kier alpha value is -1.48. The van der Waals surface area contributed by atoms with Crippen LogP contribution in [0.5, 0.6) is 0 Å². The van der Waals surface area contributed by atoms with E-state index >= 15 is 0 Å². The van der Waals surface area contributed by atoms with Gasteiger partial charge in [-0.15, -0.1) is 11.3 Å². The number of anilines is 2. The molecule has 20 heavy (non-hydrogen) atoms. The summed E-state index contributed by atoms with van der Waals surface area (Å²) in [5, 5.41) is 5.73. The summed E-state index contributed by atoms with van der Waals surface area (Å²) < 4.78 is 0. The highest BCUT2D eigenvalue weighted by Gasteiger charge is 2.13. The smallest absolute Gasteiger partial charge is 0.0496 e. The summed E-state index contributed by atoms with van der Waals surface area (Å²) >= 11 is 1.83. The molecule has 3 rings (SSSR count). The van der Waals surface area contributed by atoms with Crippen LogP contribution >= 0.6 is 11.3 Å². The summed E-state index contributed by atoms with van der Waals surface area (Å²) in [4.78, 5) is 3.91. The molecule has 0 atom stereocenters. The van der Waals surface area contributed by atoms with E-state index < -0.39 is 0 Å². The van der Waals surface area contributed by atoms with Crippen molar-refractivity contribution in [3.8, 4) is 0 Å². The van der Waals surface area contributed by atoms with Gasteiger partial charge in [0.15, 0.2) is 0 Å². The molecule has 1 saturated heterocycles. The van der Waals surface area contributed by atoms with Gasteiger partial charge in [-0.1, -0.05) is 0 Å². The van der Waals surface area contributed by atoms with E-state index in [0.29, 0.717) is 0 Å². The number of rotatable bonds is 4. The van der Waals surface area contributed by atoms with Crippen LogP contribution in [0.15, 0.2) is 29.6 Å². The molecule has 1 N–H and O–H groups in total. The van der Waals surface area contributed by atoms with Crippen LogP contribution in [0.4, 0.5) is 11.4 Å². The fourth-order valence-electron chi connectivity index (χ4n) is 2.78. The normalized spacial score (nSPS) is 14.8. The van der Waals surface area contributed by atoms with Gasteiger partial charge in [-0.2, -0.15) is 0 Å². The molecule has 106 valence electrons. The summed E-state index contributed by atoms with van der Waals surface area (Å²) in [7, 11) is 0. The van der Waals surface area contributed by atoms with Crippen molar-refractivity contribution in [3.05, 3.63) is 45.6 Å². The minimum Gasteiger partial charge on any atom is -0.380 e. The summed E-state index contributed by atoms with van der Waals surface area (Å²) in [5.74, 6) is 0. The summed E-state index contributed by atoms with van der Waals surface area (Å²) in [6, 6.07) is 8.98. The molecule has 0 unspecified atom stereocenters. The maximum atomic E-state index is 3.57. The molecular formula is C17H22N2S. The lowest BCUT2D eigenvalue weighted by molar-refractivity contribution is 0.949. The molecule has 3 heteroatoms. The van der Waals surface area contributed by atoms with E-state index in [4.69, 9.17) is 0 Å². The van der Waals surface area contributed by atoms with Crippen LogP contribution in [0.3, 0.4) is 0 Å². The van der Waals surface area contributed by atoms with Gasteiger partial charge < -0.3 is 10.2 Å². The fourth-order valence-corrected chi connectivity index (χ4v) is 3.62. The molecule has 1 aliphatic heterocycles. The zero-order chi connectivity index (χ0) is 13.9. The number of nitrogens with one attached hydrogen (secondary N) is 1. The summed E-state index contributed by atoms with van der Waals surface area (Å²) in [5.41, 5.74) is 5.34. The van der Waals surface area contributed by atoms with Gasteiger partial charge >= 0.3 is 0 Å². The number of aryl methyl sites for hydroxylation is 2. The molecule has 0 amide bonds. The average Bonchev–Trinajstić information content (AvgIpc) is 3.09. The molecule has 2 nitrogen and oxygen atoms in total. The lowest BCUT2D eigenvalue weighted by Gasteiger charge is -2.19. The number of thiophene rings is 1. The third-order valence-electron chi connectivity index (χ3n) is 4.09. The van der Waals surface area contributed by atoms with Crippen LogP contribution < -0.4 is 10.2 Å². The standard InChI is InChI=1S/C17H22N2S/c1-13-7-10-20-17(13)12-18-16-6-5-15(11-14(16)2)19-8-3-4-9-19/h5-7,10-11,18H,3-4,8-9,12H2,1-2H3. The Morgan fingerprint density at radius 1 is 1.10 bits per heavy atom. The van der Waals surface area contributed by atoms with E-state index in [0.717, 1.165) is 6.54 Å². The topological polar surface area (TPSA) is 15.3 Å². The minimum atomic E-state index is 0.924. The quantitative estimate of drug-likeness (QED) is 0.885. The third-order valence-corrected chi connectivity index (χ3v) is 5.11. The van der Waals surface area contributed by atoms with E-state index in [1.165, 1.54) is 53.3 Å². The van der Waals surface area contributed by atoms with Crippen molar-refractivity contribution in [1.29, 1.82) is 0 Å². The Balaban J connectivity index is 1.69. The Bertz CT molecular complexity index is 582. The van der Waals surface area contributed by atoms with Crippen molar-refractivity contribution in [2.45, 2.75) is 33.2 Å². The van der Waals surface area contributed by atoms with Crippen LogP contribution in [0, 0.1) is 13.8 Å². The van der Waals surface area contributed by atoms with Crippen LogP contribution in [0.25, 0.3) is 0 Å². The molecule has 0 saturated carbocycles. The van der Waals surface area contributed by atoms with Gasteiger partial charge in [0.05, 0.1) is 0 Å². The number of hydrogen-bond donors (Lipinski definition) is 1. The zero-order valence-electron chi connectivity index (χ0n) is 12.3. The van der Waals surface area contributed by atoms with Gasteiger partial charge in [0.2, 0.25) is 0 Å². The van der Waals surface area contributed by atoms with E-state index in [1.807, 2.05) is 11.3 Å². The van der Waals surface area contributed by atoms with Crippen molar-refractivity contribution in [3.63, 3.8) is 0 Å². The number of benzene rings is 1. The van der Waals surface area contributed by atoms with Crippen LogP contribution in [-0.2, 0) is 6.54 Å². The summed E-state index contributed by atoms with van der Waals surface area (Å²) in [6.45, 7) is 7.72. The molecular weight excluding hydrogens is 264 g/mol. The van der Waals surface area contributed by atoms with Crippen LogP contribution in [-0.4, -0.2) is 13.1 Å². The molecule has 1 aliphatic rings. The van der Waals surface area contributed by atoms with Gasteiger partial charge in [-0.05, 0) is 67.5 Å². The molecule has 1 fully saturated rings. The predicted octanol–water partition coefficient (Wildman–Crippen LogP) is 4.58. The van der Waals surface area contributed by atoms with Crippen molar-refractivity contribution in [1.82, 2.24) is 0 Å². The number of nitrogens with zero attached hydrogens (tertiary/aromatic N) is 1. The Labute approximate surface area is 125 Å². The fraction of sp³-hybridized carbons (Fsp3) is 0.412. The maximum absolute atomic E-state index is 3.57. The number of hydrogen-bond acceptors (Lipinski definition) is 3. The molecule has 1 aromatic carbocycles. The maximum Gasteiger partial charge on any atom is 0.0496 e. The molecule has 0 spiro atoms.